The molecule has 3 aliphatic heterocycles. The molecule has 2 aromatic rings. The van der Waals surface area contributed by atoms with Gasteiger partial charge < -0.3 is 19.9 Å². The highest BCUT2D eigenvalue weighted by Gasteiger charge is 2.44. The molecule has 0 saturated carbocycles. The average molecular weight is 395 g/mol. The number of nitrogens with one attached hydrogen (secondary N) is 1. The molecule has 0 aliphatic carbocycles. The topological polar surface area (TPSA) is 44.8 Å². The van der Waals surface area contributed by atoms with Crippen LogP contribution in [0.1, 0.15) is 29.2 Å². The molecule has 0 aromatic heterocycles. The number of hydrogen-bond donors (Lipinski definition) is 1. The predicted octanol–water partition coefficient (Wildman–Crippen LogP) is 2.96. The number of hydrogen-bond acceptors (Lipinski definition) is 3. The molecule has 1 spiro atoms. The van der Waals surface area contributed by atoms with Crippen molar-refractivity contribution < 1.29 is 13.9 Å². The lowest BCUT2D eigenvalue weighted by Gasteiger charge is -2.40. The summed E-state index contributed by atoms with van der Waals surface area (Å²) in [6, 6.07) is 14.6. The van der Waals surface area contributed by atoms with Gasteiger partial charge in [-0.3, -0.25) is 0 Å². The van der Waals surface area contributed by atoms with E-state index in [2.05, 4.69) is 17.4 Å². The Morgan fingerprint density at radius 3 is 2.76 bits per heavy atom. The van der Waals surface area contributed by atoms with Crippen LogP contribution in [0.3, 0.4) is 0 Å². The van der Waals surface area contributed by atoms with Gasteiger partial charge in [0.2, 0.25) is 0 Å². The van der Waals surface area contributed by atoms with Crippen LogP contribution >= 0.6 is 0 Å². The fourth-order valence-corrected chi connectivity index (χ4v) is 4.94. The molecule has 2 fully saturated rings. The molecule has 2 amide bonds. The van der Waals surface area contributed by atoms with Crippen molar-refractivity contribution in [2.75, 3.05) is 39.3 Å². The van der Waals surface area contributed by atoms with Crippen molar-refractivity contribution >= 4 is 6.03 Å². The fourth-order valence-electron chi connectivity index (χ4n) is 4.94. The van der Waals surface area contributed by atoms with Gasteiger partial charge in [0.05, 0.1) is 24.8 Å². The molecule has 6 heteroatoms. The van der Waals surface area contributed by atoms with Gasteiger partial charge in [0.1, 0.15) is 5.82 Å². The van der Waals surface area contributed by atoms with Crippen molar-refractivity contribution in [2.24, 2.45) is 0 Å². The number of halogens is 1. The van der Waals surface area contributed by atoms with Gasteiger partial charge in [0.25, 0.3) is 0 Å². The third kappa shape index (κ3) is 3.40. The fraction of sp³-hybridized carbons (Fsp3) is 0.435. The summed E-state index contributed by atoms with van der Waals surface area (Å²) in [6.45, 7) is 4.33. The number of urea groups is 1. The van der Waals surface area contributed by atoms with Crippen LogP contribution in [0.15, 0.2) is 48.5 Å². The predicted molar refractivity (Wildman–Crippen MR) is 108 cm³/mol. The third-order valence-corrected chi connectivity index (χ3v) is 6.44. The molecule has 2 saturated heterocycles. The van der Waals surface area contributed by atoms with Gasteiger partial charge in [-0.2, -0.15) is 0 Å². The first-order chi connectivity index (χ1) is 14.2. The number of amides is 2. The molecule has 1 N–H and O–H groups in total. The summed E-state index contributed by atoms with van der Waals surface area (Å²) in [5.74, 6) is -0.265. The minimum atomic E-state index is -0.265. The molecule has 2 atom stereocenters. The van der Waals surface area contributed by atoms with Crippen molar-refractivity contribution in [3.05, 3.63) is 71.0 Å². The Bertz CT molecular complexity index is 895. The van der Waals surface area contributed by atoms with Gasteiger partial charge in [-0.25, -0.2) is 9.18 Å². The van der Waals surface area contributed by atoms with Crippen molar-refractivity contribution in [1.29, 1.82) is 0 Å². The van der Waals surface area contributed by atoms with E-state index in [1.165, 1.54) is 17.7 Å². The number of carbonyl (C=O) groups is 1. The van der Waals surface area contributed by atoms with E-state index in [0.717, 1.165) is 37.1 Å². The first-order valence-electron chi connectivity index (χ1n) is 10.4. The van der Waals surface area contributed by atoms with E-state index in [4.69, 9.17) is 4.74 Å². The van der Waals surface area contributed by atoms with Gasteiger partial charge in [-0.05, 0) is 41.7 Å². The normalized spacial score (nSPS) is 26.6. The summed E-state index contributed by atoms with van der Waals surface area (Å²) in [4.78, 5) is 17.5. The number of fused-ring (bicyclic) bond motifs is 1. The van der Waals surface area contributed by atoms with Crippen LogP contribution in [0.5, 0.6) is 0 Å². The molecule has 29 heavy (non-hydrogen) atoms. The summed E-state index contributed by atoms with van der Waals surface area (Å²) < 4.78 is 19.6. The second kappa shape index (κ2) is 7.43. The van der Waals surface area contributed by atoms with Crippen LogP contribution < -0.4 is 5.32 Å². The highest BCUT2D eigenvalue weighted by molar-refractivity contribution is 5.77. The van der Waals surface area contributed by atoms with Gasteiger partial charge >= 0.3 is 6.03 Å². The monoisotopic (exact) mass is 395 g/mol. The Labute approximate surface area is 170 Å². The van der Waals surface area contributed by atoms with Crippen LogP contribution in [-0.4, -0.2) is 60.8 Å². The van der Waals surface area contributed by atoms with Gasteiger partial charge in [-0.15, -0.1) is 0 Å². The van der Waals surface area contributed by atoms with E-state index in [-0.39, 0.29) is 23.5 Å². The molecular weight excluding hydrogens is 369 g/mol. The van der Waals surface area contributed by atoms with Crippen LogP contribution in [-0.2, 0) is 11.2 Å². The quantitative estimate of drug-likeness (QED) is 0.808. The van der Waals surface area contributed by atoms with Crippen molar-refractivity contribution in [3.63, 3.8) is 0 Å². The summed E-state index contributed by atoms with van der Waals surface area (Å²) in [6.07, 6.45) is 1.69. The Hall–Kier alpha value is -2.44. The number of carbonyl (C=O) groups excluding carboxylic acids is 1. The summed E-state index contributed by atoms with van der Waals surface area (Å²) >= 11 is 0. The van der Waals surface area contributed by atoms with E-state index in [0.29, 0.717) is 26.2 Å². The Morgan fingerprint density at radius 1 is 1.14 bits per heavy atom. The lowest BCUT2D eigenvalue weighted by Crippen LogP contribution is -2.53. The average Bonchev–Trinajstić information content (AvgIpc) is 3.17. The van der Waals surface area contributed by atoms with Gasteiger partial charge in [0, 0.05) is 26.2 Å². The third-order valence-electron chi connectivity index (χ3n) is 6.44. The SMILES string of the molecule is O=C(N1CC[C@]2(CNCCO2)C1)N1CCc2ccccc2[C@@H]1c1ccc(F)cc1. The van der Waals surface area contributed by atoms with Crippen LogP contribution in [0.25, 0.3) is 0 Å². The maximum Gasteiger partial charge on any atom is 0.320 e. The molecular formula is C23H26FN3O2. The Kier molecular flexibility index (Phi) is 4.76. The van der Waals surface area contributed by atoms with E-state index in [1.807, 2.05) is 21.9 Å². The van der Waals surface area contributed by atoms with E-state index >= 15 is 0 Å². The van der Waals surface area contributed by atoms with E-state index < -0.39 is 0 Å². The molecule has 2 aromatic carbocycles. The zero-order chi connectivity index (χ0) is 19.8. The van der Waals surface area contributed by atoms with Crippen LogP contribution in [0, 0.1) is 5.82 Å². The largest absolute Gasteiger partial charge is 0.370 e. The lowest BCUT2D eigenvalue weighted by molar-refractivity contribution is -0.0559. The highest BCUT2D eigenvalue weighted by Crippen LogP contribution is 2.37. The maximum absolute atomic E-state index is 13.6. The van der Waals surface area contributed by atoms with Crippen molar-refractivity contribution in [1.82, 2.24) is 15.1 Å². The lowest BCUT2D eigenvalue weighted by atomic mass is 9.88. The molecule has 3 heterocycles. The van der Waals surface area contributed by atoms with Crippen LogP contribution in [0.4, 0.5) is 9.18 Å². The minimum absolute atomic E-state index is 0.0416. The Balaban J connectivity index is 1.45. The summed E-state index contributed by atoms with van der Waals surface area (Å²) in [7, 11) is 0. The smallest absolute Gasteiger partial charge is 0.320 e. The molecule has 5 nitrogen and oxygen atoms in total. The zero-order valence-electron chi connectivity index (χ0n) is 16.4. The summed E-state index contributed by atoms with van der Waals surface area (Å²) in [5.41, 5.74) is 3.07. The molecule has 0 bridgehead atoms. The standard InChI is InChI=1S/C23H26FN3O2/c24-19-7-5-18(6-8-19)21-20-4-2-1-3-17(20)9-12-27(21)22(28)26-13-10-23(16-26)15-25-11-14-29-23/h1-8,21,25H,9-16H2/t21-,23-/m0/s1. The first kappa shape index (κ1) is 18.6. The molecule has 0 unspecified atom stereocenters. The van der Waals surface area contributed by atoms with E-state index in [1.54, 1.807) is 12.1 Å². The van der Waals surface area contributed by atoms with E-state index in [9.17, 15) is 9.18 Å². The maximum atomic E-state index is 13.6. The second-order valence-electron chi connectivity index (χ2n) is 8.26. The Morgan fingerprint density at radius 2 is 1.97 bits per heavy atom. The minimum Gasteiger partial charge on any atom is -0.370 e. The molecule has 3 aliphatic rings. The number of benzene rings is 2. The number of likely N-dealkylation sites (tertiary alicyclic amines) is 1. The number of morpholine rings is 1. The van der Waals surface area contributed by atoms with Gasteiger partial charge in [-0.1, -0.05) is 36.4 Å². The van der Waals surface area contributed by atoms with Crippen molar-refractivity contribution in [2.45, 2.75) is 24.5 Å². The zero-order valence-corrected chi connectivity index (χ0v) is 16.4. The first-order valence-corrected chi connectivity index (χ1v) is 10.4. The van der Waals surface area contributed by atoms with Crippen molar-refractivity contribution in [3.8, 4) is 0 Å². The summed E-state index contributed by atoms with van der Waals surface area (Å²) in [5, 5.41) is 3.40. The molecule has 0 radical (unpaired) electrons. The van der Waals surface area contributed by atoms with Gasteiger partial charge in [0.15, 0.2) is 0 Å². The van der Waals surface area contributed by atoms with Crippen LogP contribution in [0.2, 0.25) is 0 Å². The number of nitrogens with zero attached hydrogens (tertiary/aromatic N) is 2. The molecule has 5 rings (SSSR count). The number of rotatable bonds is 1. The number of ether oxygens (including phenoxy) is 1. The highest BCUT2D eigenvalue weighted by atomic mass is 19.1. The second-order valence-corrected chi connectivity index (χ2v) is 8.26. The molecule has 152 valence electrons.